The van der Waals surface area contributed by atoms with E-state index in [2.05, 4.69) is 21.1 Å². The van der Waals surface area contributed by atoms with Crippen molar-refractivity contribution in [2.45, 2.75) is 13.8 Å². The number of hydrogen-bond acceptors (Lipinski definition) is 3. The average molecular weight is 248 g/mol. The molecule has 0 unspecified atom stereocenters. The van der Waals surface area contributed by atoms with Gasteiger partial charge in [0.25, 0.3) is 0 Å². The van der Waals surface area contributed by atoms with Crippen LogP contribution in [0, 0.1) is 0 Å². The van der Waals surface area contributed by atoms with Crippen LogP contribution in [0.1, 0.15) is 18.7 Å². The van der Waals surface area contributed by atoms with Crippen LogP contribution in [0.3, 0.4) is 0 Å². The van der Waals surface area contributed by atoms with Crippen LogP contribution in [0.2, 0.25) is 0 Å². The zero-order valence-electron chi connectivity index (χ0n) is 7.00. The van der Waals surface area contributed by atoms with Crippen molar-refractivity contribution in [1.82, 2.24) is 0 Å². The zero-order valence-corrected chi connectivity index (χ0v) is 9.41. The normalized spacial score (nSPS) is 11.8. The predicted molar refractivity (Wildman–Crippen MR) is 55.9 cm³/mol. The van der Waals surface area contributed by atoms with Crippen LogP contribution in [-0.4, -0.2) is 12.3 Å². The predicted octanol–water partition coefficient (Wildman–Crippen LogP) is 3.27. The Balaban J connectivity index is 2.77. The summed E-state index contributed by atoms with van der Waals surface area (Å²) in [5.41, 5.74) is 0.915. The van der Waals surface area contributed by atoms with Crippen LogP contribution < -0.4 is 0 Å². The highest BCUT2D eigenvalue weighted by Crippen LogP contribution is 2.23. The molecule has 4 heteroatoms. The van der Waals surface area contributed by atoms with Crippen molar-refractivity contribution >= 4 is 33.0 Å². The molecule has 0 radical (unpaired) electrons. The molecule has 0 aliphatic rings. The third kappa shape index (κ3) is 2.32. The van der Waals surface area contributed by atoms with Crippen molar-refractivity contribution < 1.29 is 4.84 Å². The molecule has 0 saturated heterocycles. The molecule has 0 amide bonds. The van der Waals surface area contributed by atoms with E-state index in [0.717, 1.165) is 15.1 Å². The Bertz CT molecular complexity index is 282. The van der Waals surface area contributed by atoms with Crippen molar-refractivity contribution in [2.24, 2.45) is 5.16 Å². The minimum absolute atomic E-state index is 0.611. The third-order valence-corrected chi connectivity index (χ3v) is 3.22. The fraction of sp³-hybridized carbons (Fsp3) is 0.375. The molecular weight excluding hydrogens is 238 g/mol. The molecule has 0 N–H and O–H groups in total. The highest BCUT2D eigenvalue weighted by molar-refractivity contribution is 9.10. The molecule has 1 rings (SSSR count). The van der Waals surface area contributed by atoms with Gasteiger partial charge in [-0.15, -0.1) is 11.3 Å². The van der Waals surface area contributed by atoms with Crippen LogP contribution in [0.5, 0.6) is 0 Å². The lowest BCUT2D eigenvalue weighted by Crippen LogP contribution is -1.93. The molecule has 1 aromatic rings. The first-order valence-electron chi connectivity index (χ1n) is 3.65. The second-order valence-electron chi connectivity index (χ2n) is 2.19. The van der Waals surface area contributed by atoms with Gasteiger partial charge in [0.2, 0.25) is 0 Å². The van der Waals surface area contributed by atoms with Gasteiger partial charge >= 0.3 is 0 Å². The highest BCUT2D eigenvalue weighted by atomic mass is 79.9. The lowest BCUT2D eigenvalue weighted by atomic mass is 10.3. The molecule has 0 fully saturated rings. The Labute approximate surface area is 84.4 Å². The average Bonchev–Trinajstić information content (AvgIpc) is 2.47. The number of halogens is 1. The Morgan fingerprint density at radius 3 is 3.00 bits per heavy atom. The minimum atomic E-state index is 0.611. The smallest absolute Gasteiger partial charge is 0.114 e. The number of nitrogens with zero attached hydrogens (tertiary/aromatic N) is 1. The van der Waals surface area contributed by atoms with Crippen LogP contribution in [0.4, 0.5) is 0 Å². The first-order valence-corrected chi connectivity index (χ1v) is 5.33. The minimum Gasteiger partial charge on any atom is -0.396 e. The molecular formula is C8H10BrNOS. The lowest BCUT2D eigenvalue weighted by molar-refractivity contribution is 0.159. The number of hydrogen-bond donors (Lipinski definition) is 0. The molecule has 1 heterocycles. The van der Waals surface area contributed by atoms with Gasteiger partial charge in [-0.2, -0.15) is 0 Å². The van der Waals surface area contributed by atoms with Crippen LogP contribution >= 0.6 is 27.3 Å². The van der Waals surface area contributed by atoms with E-state index in [1.54, 1.807) is 11.3 Å². The van der Waals surface area contributed by atoms with Crippen LogP contribution in [-0.2, 0) is 4.84 Å². The van der Waals surface area contributed by atoms with E-state index >= 15 is 0 Å². The summed E-state index contributed by atoms with van der Waals surface area (Å²) in [6, 6.07) is 2.00. The Kier molecular flexibility index (Phi) is 3.75. The van der Waals surface area contributed by atoms with Crippen molar-refractivity contribution in [3.63, 3.8) is 0 Å². The summed E-state index contributed by atoms with van der Waals surface area (Å²) in [5.74, 6) is 0. The Morgan fingerprint density at radius 1 is 1.75 bits per heavy atom. The van der Waals surface area contributed by atoms with E-state index in [1.807, 2.05) is 25.3 Å². The first-order chi connectivity index (χ1) is 5.75. The SMILES string of the molecule is CCO/N=C(/C)c1sccc1Br. The van der Waals surface area contributed by atoms with Gasteiger partial charge in [0, 0.05) is 4.47 Å². The van der Waals surface area contributed by atoms with Gasteiger partial charge in [-0.05, 0) is 41.2 Å². The molecule has 0 saturated carbocycles. The van der Waals surface area contributed by atoms with Gasteiger partial charge in [-0.3, -0.25) is 0 Å². The summed E-state index contributed by atoms with van der Waals surface area (Å²) in [4.78, 5) is 6.08. The Hall–Kier alpha value is -0.350. The van der Waals surface area contributed by atoms with Gasteiger partial charge < -0.3 is 4.84 Å². The second kappa shape index (κ2) is 4.62. The van der Waals surface area contributed by atoms with Crippen molar-refractivity contribution in [1.29, 1.82) is 0 Å². The van der Waals surface area contributed by atoms with E-state index in [-0.39, 0.29) is 0 Å². The van der Waals surface area contributed by atoms with Crippen LogP contribution in [0.15, 0.2) is 21.1 Å². The van der Waals surface area contributed by atoms with E-state index in [1.165, 1.54) is 0 Å². The highest BCUT2D eigenvalue weighted by Gasteiger charge is 2.04. The molecule has 0 aliphatic heterocycles. The molecule has 0 bridgehead atoms. The summed E-state index contributed by atoms with van der Waals surface area (Å²) < 4.78 is 1.08. The van der Waals surface area contributed by atoms with E-state index in [4.69, 9.17) is 4.84 Å². The van der Waals surface area contributed by atoms with E-state index < -0.39 is 0 Å². The fourth-order valence-corrected chi connectivity index (χ4v) is 2.36. The van der Waals surface area contributed by atoms with E-state index in [0.29, 0.717) is 6.61 Å². The van der Waals surface area contributed by atoms with Crippen molar-refractivity contribution in [3.05, 3.63) is 20.8 Å². The maximum absolute atomic E-state index is 4.95. The molecule has 0 aromatic carbocycles. The van der Waals surface area contributed by atoms with Crippen molar-refractivity contribution in [2.75, 3.05) is 6.61 Å². The topological polar surface area (TPSA) is 21.6 Å². The molecule has 1 aromatic heterocycles. The maximum atomic E-state index is 4.95. The second-order valence-corrected chi connectivity index (χ2v) is 3.96. The summed E-state index contributed by atoms with van der Waals surface area (Å²) in [6.07, 6.45) is 0. The van der Waals surface area contributed by atoms with Crippen molar-refractivity contribution in [3.8, 4) is 0 Å². The molecule has 0 atom stereocenters. The Morgan fingerprint density at radius 2 is 2.50 bits per heavy atom. The monoisotopic (exact) mass is 247 g/mol. The molecule has 0 spiro atoms. The quantitative estimate of drug-likeness (QED) is 0.594. The summed E-state index contributed by atoms with van der Waals surface area (Å²) >= 11 is 5.08. The lowest BCUT2D eigenvalue weighted by Gasteiger charge is -1.97. The summed E-state index contributed by atoms with van der Waals surface area (Å²) in [6.45, 7) is 4.47. The third-order valence-electron chi connectivity index (χ3n) is 1.28. The van der Waals surface area contributed by atoms with Gasteiger partial charge in [0.15, 0.2) is 0 Å². The van der Waals surface area contributed by atoms with Gasteiger partial charge in [0.05, 0.1) is 10.6 Å². The molecule has 12 heavy (non-hydrogen) atoms. The summed E-state index contributed by atoms with van der Waals surface area (Å²) in [7, 11) is 0. The molecule has 0 aliphatic carbocycles. The number of oxime groups is 1. The molecule has 2 nitrogen and oxygen atoms in total. The van der Waals surface area contributed by atoms with Crippen LogP contribution in [0.25, 0.3) is 0 Å². The number of thiophene rings is 1. The largest absolute Gasteiger partial charge is 0.396 e. The standard InChI is InChI=1S/C8H10BrNOS/c1-3-11-10-6(2)8-7(9)4-5-12-8/h4-5H,3H2,1-2H3/b10-6-. The van der Waals surface area contributed by atoms with E-state index in [9.17, 15) is 0 Å². The van der Waals surface area contributed by atoms with Gasteiger partial charge in [-0.25, -0.2) is 0 Å². The fourth-order valence-electron chi connectivity index (χ4n) is 0.755. The maximum Gasteiger partial charge on any atom is 0.114 e. The summed E-state index contributed by atoms with van der Waals surface area (Å²) in [5, 5.41) is 5.96. The van der Waals surface area contributed by atoms with Gasteiger partial charge in [-0.1, -0.05) is 5.16 Å². The first kappa shape index (κ1) is 9.74. The number of rotatable bonds is 3. The zero-order chi connectivity index (χ0) is 8.97. The molecule has 66 valence electrons. The van der Waals surface area contributed by atoms with Gasteiger partial charge in [0.1, 0.15) is 6.61 Å².